The molecule has 0 radical (unpaired) electrons. The highest BCUT2D eigenvalue weighted by Gasteiger charge is 2.19. The van der Waals surface area contributed by atoms with Crippen molar-refractivity contribution in [2.45, 2.75) is 31.8 Å². The largest absolute Gasteiger partial charge is 0.458 e. The van der Waals surface area contributed by atoms with Crippen LogP contribution in [-0.4, -0.2) is 18.3 Å². The lowest BCUT2D eigenvalue weighted by molar-refractivity contribution is 0.108. The van der Waals surface area contributed by atoms with Gasteiger partial charge in [0.05, 0.1) is 0 Å². The highest BCUT2D eigenvalue weighted by atomic mass is 16.6. The molecule has 0 atom stereocenters. The van der Waals surface area contributed by atoms with E-state index < -0.39 is 12.2 Å². The van der Waals surface area contributed by atoms with Crippen molar-refractivity contribution >= 4 is 12.2 Å². The van der Waals surface area contributed by atoms with Crippen LogP contribution < -0.4 is 4.74 Å². The number of hydrogen-bond donors (Lipinski definition) is 0. The Labute approximate surface area is 110 Å². The molecule has 0 heterocycles. The SMILES string of the molecule is O=C(/N=N/C(=O)OC1CCCC1)Oc1ccccc1. The number of hydrogen-bond acceptors (Lipinski definition) is 4. The van der Waals surface area contributed by atoms with Gasteiger partial charge in [-0.1, -0.05) is 28.4 Å². The summed E-state index contributed by atoms with van der Waals surface area (Å²) in [4.78, 5) is 22.5. The van der Waals surface area contributed by atoms with E-state index in [1.54, 1.807) is 30.3 Å². The van der Waals surface area contributed by atoms with Crippen LogP contribution in [0, 0.1) is 0 Å². The predicted molar refractivity (Wildman–Crippen MR) is 66.1 cm³/mol. The number of nitrogens with zero attached hydrogens (tertiary/aromatic N) is 2. The summed E-state index contributed by atoms with van der Waals surface area (Å²) in [5.41, 5.74) is 0. The summed E-state index contributed by atoms with van der Waals surface area (Å²) in [6.07, 6.45) is 1.88. The summed E-state index contributed by atoms with van der Waals surface area (Å²) in [5.74, 6) is 0.343. The molecule has 1 aromatic rings. The summed E-state index contributed by atoms with van der Waals surface area (Å²) in [6.45, 7) is 0. The number of carbonyl (C=O) groups is 2. The zero-order valence-corrected chi connectivity index (χ0v) is 10.3. The molecule has 0 bridgehead atoms. The van der Waals surface area contributed by atoms with Gasteiger partial charge in [-0.3, -0.25) is 0 Å². The Balaban J connectivity index is 1.77. The monoisotopic (exact) mass is 262 g/mol. The average Bonchev–Trinajstić information content (AvgIpc) is 2.90. The van der Waals surface area contributed by atoms with E-state index in [2.05, 4.69) is 10.2 Å². The maximum Gasteiger partial charge on any atom is 0.458 e. The first-order valence-corrected chi connectivity index (χ1v) is 6.13. The van der Waals surface area contributed by atoms with Crippen molar-refractivity contribution in [3.8, 4) is 5.75 Å². The highest BCUT2D eigenvalue weighted by Crippen LogP contribution is 2.21. The molecule has 6 heteroatoms. The molecule has 1 aliphatic carbocycles. The minimum absolute atomic E-state index is 0.100. The molecule has 1 fully saturated rings. The lowest BCUT2D eigenvalue weighted by Crippen LogP contribution is -2.11. The maximum atomic E-state index is 11.3. The van der Waals surface area contributed by atoms with Gasteiger partial charge in [-0.05, 0) is 37.8 Å². The second-order valence-corrected chi connectivity index (χ2v) is 4.17. The van der Waals surface area contributed by atoms with Gasteiger partial charge >= 0.3 is 12.2 Å². The van der Waals surface area contributed by atoms with Crippen LogP contribution in [0.1, 0.15) is 25.7 Å². The number of para-hydroxylation sites is 1. The first-order chi connectivity index (χ1) is 9.24. The summed E-state index contributed by atoms with van der Waals surface area (Å²) in [6, 6.07) is 8.43. The lowest BCUT2D eigenvalue weighted by Gasteiger charge is -2.06. The maximum absolute atomic E-state index is 11.3. The van der Waals surface area contributed by atoms with Gasteiger partial charge in [0.15, 0.2) is 0 Å². The van der Waals surface area contributed by atoms with E-state index in [0.29, 0.717) is 5.75 Å². The van der Waals surface area contributed by atoms with Crippen molar-refractivity contribution in [2.75, 3.05) is 0 Å². The molecule has 100 valence electrons. The molecule has 1 aromatic carbocycles. The van der Waals surface area contributed by atoms with Gasteiger partial charge in [-0.25, -0.2) is 9.59 Å². The van der Waals surface area contributed by atoms with Crippen LogP contribution >= 0.6 is 0 Å². The van der Waals surface area contributed by atoms with Crippen molar-refractivity contribution in [2.24, 2.45) is 10.2 Å². The molecule has 0 unspecified atom stereocenters. The van der Waals surface area contributed by atoms with Gasteiger partial charge in [0.1, 0.15) is 11.9 Å². The van der Waals surface area contributed by atoms with E-state index in [1.165, 1.54) is 0 Å². The number of rotatable bonds is 2. The standard InChI is InChI=1S/C13H14N2O4/c16-12(18-10-6-2-1-3-7-10)14-15-13(17)19-11-8-4-5-9-11/h1-3,6-7,11H,4-5,8-9H2/b15-14+. The molecule has 0 saturated heterocycles. The predicted octanol–water partition coefficient (Wildman–Crippen LogP) is 3.72. The Morgan fingerprint density at radius 3 is 2.32 bits per heavy atom. The Bertz CT molecular complexity index is 467. The summed E-state index contributed by atoms with van der Waals surface area (Å²) < 4.78 is 9.83. The Hall–Kier alpha value is -2.24. The van der Waals surface area contributed by atoms with Crippen molar-refractivity contribution in [1.29, 1.82) is 0 Å². The molecule has 0 spiro atoms. The van der Waals surface area contributed by atoms with Crippen LogP contribution in [0.3, 0.4) is 0 Å². The van der Waals surface area contributed by atoms with Gasteiger partial charge in [-0.15, -0.1) is 0 Å². The molecule has 2 rings (SSSR count). The lowest BCUT2D eigenvalue weighted by atomic mass is 10.3. The van der Waals surface area contributed by atoms with Crippen LogP contribution in [0.2, 0.25) is 0 Å². The molecular weight excluding hydrogens is 248 g/mol. The van der Waals surface area contributed by atoms with Crippen LogP contribution in [-0.2, 0) is 4.74 Å². The van der Waals surface area contributed by atoms with Crippen molar-refractivity contribution in [3.63, 3.8) is 0 Å². The number of benzene rings is 1. The van der Waals surface area contributed by atoms with Gasteiger partial charge in [0.2, 0.25) is 0 Å². The first kappa shape index (κ1) is 13.2. The fraction of sp³-hybridized carbons (Fsp3) is 0.385. The molecule has 0 aliphatic heterocycles. The van der Waals surface area contributed by atoms with Crippen LogP contribution in [0.15, 0.2) is 40.6 Å². The third kappa shape index (κ3) is 4.50. The topological polar surface area (TPSA) is 77.3 Å². The van der Waals surface area contributed by atoms with E-state index >= 15 is 0 Å². The molecule has 19 heavy (non-hydrogen) atoms. The molecular formula is C13H14N2O4. The van der Waals surface area contributed by atoms with Crippen molar-refractivity contribution < 1.29 is 19.1 Å². The fourth-order valence-electron chi connectivity index (χ4n) is 1.86. The van der Waals surface area contributed by atoms with Crippen LogP contribution in [0.25, 0.3) is 0 Å². The minimum Gasteiger partial charge on any atom is -0.444 e. The molecule has 2 amide bonds. The number of amides is 2. The van der Waals surface area contributed by atoms with Gasteiger partial charge in [-0.2, -0.15) is 0 Å². The van der Waals surface area contributed by atoms with E-state index in [1.807, 2.05) is 0 Å². The Morgan fingerprint density at radius 2 is 1.63 bits per heavy atom. The smallest absolute Gasteiger partial charge is 0.444 e. The van der Waals surface area contributed by atoms with Gasteiger partial charge < -0.3 is 9.47 Å². The normalized spacial score (nSPS) is 15.6. The second kappa shape index (κ2) is 6.63. The fourth-order valence-corrected chi connectivity index (χ4v) is 1.86. The molecule has 0 N–H and O–H groups in total. The number of azo groups is 1. The number of ether oxygens (including phenoxy) is 2. The van der Waals surface area contributed by atoms with Gasteiger partial charge in [0.25, 0.3) is 0 Å². The van der Waals surface area contributed by atoms with E-state index in [0.717, 1.165) is 25.7 Å². The summed E-state index contributed by atoms with van der Waals surface area (Å²) in [7, 11) is 0. The molecule has 1 saturated carbocycles. The zero-order chi connectivity index (χ0) is 13.5. The minimum atomic E-state index is -0.949. The second-order valence-electron chi connectivity index (χ2n) is 4.17. The van der Waals surface area contributed by atoms with Crippen LogP contribution in [0.5, 0.6) is 5.75 Å². The van der Waals surface area contributed by atoms with Crippen molar-refractivity contribution in [1.82, 2.24) is 0 Å². The summed E-state index contributed by atoms with van der Waals surface area (Å²) >= 11 is 0. The quantitative estimate of drug-likeness (QED) is 0.761. The molecule has 6 nitrogen and oxygen atoms in total. The zero-order valence-electron chi connectivity index (χ0n) is 10.3. The average molecular weight is 262 g/mol. The highest BCUT2D eigenvalue weighted by molar-refractivity contribution is 5.74. The summed E-state index contributed by atoms with van der Waals surface area (Å²) in [5, 5.41) is 6.32. The van der Waals surface area contributed by atoms with E-state index in [4.69, 9.17) is 9.47 Å². The number of carbonyl (C=O) groups excluding carboxylic acids is 2. The van der Waals surface area contributed by atoms with E-state index in [-0.39, 0.29) is 6.10 Å². The molecule has 1 aliphatic rings. The molecule has 0 aromatic heterocycles. The van der Waals surface area contributed by atoms with Crippen LogP contribution in [0.4, 0.5) is 9.59 Å². The third-order valence-electron chi connectivity index (χ3n) is 2.73. The Morgan fingerprint density at radius 1 is 1.00 bits per heavy atom. The van der Waals surface area contributed by atoms with Crippen molar-refractivity contribution in [3.05, 3.63) is 30.3 Å². The Kier molecular flexibility index (Phi) is 4.60. The first-order valence-electron chi connectivity index (χ1n) is 6.13. The third-order valence-corrected chi connectivity index (χ3v) is 2.73. The van der Waals surface area contributed by atoms with Gasteiger partial charge in [0, 0.05) is 0 Å². The van der Waals surface area contributed by atoms with E-state index in [9.17, 15) is 9.59 Å².